The number of ether oxygens (including phenoxy) is 1. The summed E-state index contributed by atoms with van der Waals surface area (Å²) in [7, 11) is 0. The van der Waals surface area contributed by atoms with Crippen molar-refractivity contribution >= 4 is 22.6 Å². The SMILES string of the molecule is CCCCn1c(=N)c(C(=O)OCC)cc2c(=O)n3cccc(C)c3nc21. The van der Waals surface area contributed by atoms with Gasteiger partial charge in [-0.25, -0.2) is 9.78 Å². The van der Waals surface area contributed by atoms with Gasteiger partial charge in [0.1, 0.15) is 22.3 Å². The van der Waals surface area contributed by atoms with E-state index in [1.807, 2.05) is 19.9 Å². The molecule has 0 aliphatic rings. The third-order valence-corrected chi connectivity index (χ3v) is 4.36. The highest BCUT2D eigenvalue weighted by atomic mass is 16.5. The maximum absolute atomic E-state index is 13.0. The number of pyridine rings is 2. The van der Waals surface area contributed by atoms with Crippen LogP contribution in [0.4, 0.5) is 0 Å². The minimum atomic E-state index is -0.599. The molecule has 0 radical (unpaired) electrons. The molecular formula is C19H22N4O3. The van der Waals surface area contributed by atoms with Crippen LogP contribution in [0.15, 0.2) is 29.2 Å². The summed E-state index contributed by atoms with van der Waals surface area (Å²) in [5.74, 6) is -0.599. The van der Waals surface area contributed by atoms with Crippen LogP contribution in [0.1, 0.15) is 42.6 Å². The first-order chi connectivity index (χ1) is 12.5. The Kier molecular flexibility index (Phi) is 4.88. The topological polar surface area (TPSA) is 89.5 Å². The van der Waals surface area contributed by atoms with Crippen molar-refractivity contribution in [3.8, 4) is 0 Å². The van der Waals surface area contributed by atoms with Crippen LogP contribution < -0.4 is 11.0 Å². The van der Waals surface area contributed by atoms with Gasteiger partial charge in [0.05, 0.1) is 12.0 Å². The highest BCUT2D eigenvalue weighted by Crippen LogP contribution is 2.13. The van der Waals surface area contributed by atoms with Gasteiger partial charge in [0.15, 0.2) is 0 Å². The number of unbranched alkanes of at least 4 members (excludes halogenated alkanes) is 1. The van der Waals surface area contributed by atoms with E-state index in [1.165, 1.54) is 10.5 Å². The molecule has 0 aliphatic carbocycles. The molecule has 0 saturated carbocycles. The molecule has 7 heteroatoms. The van der Waals surface area contributed by atoms with E-state index in [0.717, 1.165) is 18.4 Å². The van der Waals surface area contributed by atoms with E-state index in [-0.39, 0.29) is 23.2 Å². The summed E-state index contributed by atoms with van der Waals surface area (Å²) in [5.41, 5.74) is 1.70. The van der Waals surface area contributed by atoms with Crippen molar-refractivity contribution < 1.29 is 9.53 Å². The molecule has 3 aromatic rings. The molecule has 0 aliphatic heterocycles. The monoisotopic (exact) mass is 354 g/mol. The molecule has 3 rings (SSSR count). The molecule has 0 aromatic carbocycles. The van der Waals surface area contributed by atoms with Gasteiger partial charge >= 0.3 is 5.97 Å². The van der Waals surface area contributed by atoms with Gasteiger partial charge in [-0.15, -0.1) is 0 Å². The Balaban J connectivity index is 2.44. The smallest absolute Gasteiger partial charge is 0.341 e. The Labute approximate surface area is 150 Å². The van der Waals surface area contributed by atoms with E-state index in [2.05, 4.69) is 4.98 Å². The second-order valence-corrected chi connectivity index (χ2v) is 6.17. The molecule has 136 valence electrons. The minimum Gasteiger partial charge on any atom is -0.462 e. The molecule has 7 nitrogen and oxygen atoms in total. The number of carbonyl (C=O) groups excluding carboxylic acids is 1. The summed E-state index contributed by atoms with van der Waals surface area (Å²) >= 11 is 0. The van der Waals surface area contributed by atoms with Crippen LogP contribution in [0.2, 0.25) is 0 Å². The predicted octanol–water partition coefficient (Wildman–Crippen LogP) is 2.41. The van der Waals surface area contributed by atoms with Gasteiger partial charge in [0.25, 0.3) is 5.56 Å². The van der Waals surface area contributed by atoms with Crippen molar-refractivity contribution in [2.45, 2.75) is 40.2 Å². The Bertz CT molecular complexity index is 1110. The fourth-order valence-corrected chi connectivity index (χ4v) is 2.99. The molecule has 0 unspecified atom stereocenters. The number of aryl methyl sites for hydroxylation is 2. The molecule has 26 heavy (non-hydrogen) atoms. The van der Waals surface area contributed by atoms with E-state index in [4.69, 9.17) is 10.1 Å². The molecule has 0 atom stereocenters. The normalized spacial score (nSPS) is 11.2. The molecule has 3 heterocycles. The van der Waals surface area contributed by atoms with Crippen LogP contribution in [0.3, 0.4) is 0 Å². The highest BCUT2D eigenvalue weighted by Gasteiger charge is 2.18. The molecule has 1 N–H and O–H groups in total. The van der Waals surface area contributed by atoms with Crippen molar-refractivity contribution in [1.29, 1.82) is 5.41 Å². The van der Waals surface area contributed by atoms with Crippen LogP contribution in [0, 0.1) is 12.3 Å². The third kappa shape index (κ3) is 2.89. The lowest BCUT2D eigenvalue weighted by Crippen LogP contribution is -2.31. The van der Waals surface area contributed by atoms with Crippen LogP contribution in [0.5, 0.6) is 0 Å². The number of hydrogen-bond acceptors (Lipinski definition) is 5. The second kappa shape index (κ2) is 7.11. The van der Waals surface area contributed by atoms with Crippen molar-refractivity contribution in [3.63, 3.8) is 0 Å². The quantitative estimate of drug-likeness (QED) is 0.563. The molecule has 3 aromatic heterocycles. The van der Waals surface area contributed by atoms with E-state index in [1.54, 1.807) is 23.8 Å². The first-order valence-corrected chi connectivity index (χ1v) is 8.76. The number of esters is 1. The summed E-state index contributed by atoms with van der Waals surface area (Å²) in [6.07, 6.45) is 3.39. The van der Waals surface area contributed by atoms with E-state index >= 15 is 0 Å². The first-order valence-electron chi connectivity index (χ1n) is 8.76. The van der Waals surface area contributed by atoms with Gasteiger partial charge in [-0.2, -0.15) is 0 Å². The van der Waals surface area contributed by atoms with Gasteiger partial charge in [0.2, 0.25) is 0 Å². The van der Waals surface area contributed by atoms with Gasteiger partial charge in [0, 0.05) is 12.7 Å². The number of carbonyl (C=O) groups is 1. The number of nitrogens with zero attached hydrogens (tertiary/aromatic N) is 3. The van der Waals surface area contributed by atoms with Crippen molar-refractivity contribution in [2.24, 2.45) is 0 Å². The predicted molar refractivity (Wildman–Crippen MR) is 98.4 cm³/mol. The Morgan fingerprint density at radius 2 is 2.08 bits per heavy atom. The number of aromatic nitrogens is 3. The summed E-state index contributed by atoms with van der Waals surface area (Å²) in [6.45, 7) is 6.36. The zero-order chi connectivity index (χ0) is 18.8. The Hall–Kier alpha value is -2.96. The minimum absolute atomic E-state index is 0.0224. The summed E-state index contributed by atoms with van der Waals surface area (Å²) in [5, 5.41) is 8.77. The molecule has 0 saturated heterocycles. The average Bonchev–Trinajstić information content (AvgIpc) is 2.62. The molecule has 0 fully saturated rings. The molecular weight excluding hydrogens is 332 g/mol. The number of rotatable bonds is 5. The molecule has 0 amide bonds. The van der Waals surface area contributed by atoms with Gasteiger partial charge in [-0.1, -0.05) is 19.4 Å². The fraction of sp³-hybridized carbons (Fsp3) is 0.368. The maximum atomic E-state index is 13.0. The van der Waals surface area contributed by atoms with Gasteiger partial charge < -0.3 is 9.30 Å². The Morgan fingerprint density at radius 1 is 1.31 bits per heavy atom. The zero-order valence-corrected chi connectivity index (χ0v) is 15.2. The zero-order valence-electron chi connectivity index (χ0n) is 15.2. The fourth-order valence-electron chi connectivity index (χ4n) is 2.99. The van der Waals surface area contributed by atoms with Gasteiger partial charge in [-0.05, 0) is 38.0 Å². The lowest BCUT2D eigenvalue weighted by atomic mass is 10.2. The standard InChI is InChI=1S/C19H22N4O3/c1-4-6-9-22-15(20)13(19(25)26-5-2)11-14-17(22)21-16-12(3)8-7-10-23(16)18(14)24/h7-8,10-11,20H,4-6,9H2,1-3H3. The summed E-state index contributed by atoms with van der Waals surface area (Å²) in [4.78, 5) is 29.9. The lowest BCUT2D eigenvalue weighted by Gasteiger charge is -2.14. The Morgan fingerprint density at radius 3 is 2.77 bits per heavy atom. The van der Waals surface area contributed by atoms with Crippen LogP contribution in [0.25, 0.3) is 16.7 Å². The third-order valence-electron chi connectivity index (χ3n) is 4.36. The van der Waals surface area contributed by atoms with Crippen LogP contribution in [-0.2, 0) is 11.3 Å². The van der Waals surface area contributed by atoms with E-state index in [0.29, 0.717) is 23.2 Å². The average molecular weight is 354 g/mol. The van der Waals surface area contributed by atoms with E-state index < -0.39 is 5.97 Å². The first kappa shape index (κ1) is 17.8. The number of nitrogens with one attached hydrogen (secondary N) is 1. The van der Waals surface area contributed by atoms with Crippen molar-refractivity contribution in [2.75, 3.05) is 6.61 Å². The summed E-state index contributed by atoms with van der Waals surface area (Å²) in [6, 6.07) is 5.11. The molecule has 0 spiro atoms. The second-order valence-electron chi connectivity index (χ2n) is 6.17. The lowest BCUT2D eigenvalue weighted by molar-refractivity contribution is 0.0523. The van der Waals surface area contributed by atoms with Gasteiger partial charge in [-0.3, -0.25) is 14.6 Å². The van der Waals surface area contributed by atoms with Crippen molar-refractivity contribution in [3.05, 3.63) is 51.4 Å². The highest BCUT2D eigenvalue weighted by molar-refractivity contribution is 5.93. The summed E-state index contributed by atoms with van der Waals surface area (Å²) < 4.78 is 8.17. The van der Waals surface area contributed by atoms with Crippen molar-refractivity contribution in [1.82, 2.24) is 14.0 Å². The molecule has 0 bridgehead atoms. The van der Waals surface area contributed by atoms with Crippen LogP contribution in [-0.4, -0.2) is 26.5 Å². The van der Waals surface area contributed by atoms with Crippen LogP contribution >= 0.6 is 0 Å². The maximum Gasteiger partial charge on any atom is 0.341 e. The van der Waals surface area contributed by atoms with E-state index in [9.17, 15) is 9.59 Å². The number of hydrogen-bond donors (Lipinski definition) is 1. The number of fused-ring (bicyclic) bond motifs is 2. The largest absolute Gasteiger partial charge is 0.462 e.